The Balaban J connectivity index is 1.64. The van der Waals surface area contributed by atoms with Crippen LogP contribution in [0.15, 0.2) is 36.4 Å². The highest BCUT2D eigenvalue weighted by Gasteiger charge is 2.17. The summed E-state index contributed by atoms with van der Waals surface area (Å²) in [6.45, 7) is 2.38. The lowest BCUT2D eigenvalue weighted by atomic mass is 10.0. The summed E-state index contributed by atoms with van der Waals surface area (Å²) < 4.78 is 0.677. The molecule has 1 aromatic heterocycles. The summed E-state index contributed by atoms with van der Waals surface area (Å²) in [6, 6.07) is 12.2. The maximum absolute atomic E-state index is 12.2. The molecule has 0 N–H and O–H groups in total. The first-order chi connectivity index (χ1) is 9.72. The van der Waals surface area contributed by atoms with Crippen molar-refractivity contribution in [1.29, 1.82) is 0 Å². The van der Waals surface area contributed by atoms with Gasteiger partial charge in [0.15, 0.2) is 5.78 Å². The zero-order chi connectivity index (χ0) is 13.9. The molecule has 2 aromatic rings. The van der Waals surface area contributed by atoms with Crippen molar-refractivity contribution in [1.82, 2.24) is 4.90 Å². The summed E-state index contributed by atoms with van der Waals surface area (Å²) >= 11 is 7.25. The van der Waals surface area contributed by atoms with Gasteiger partial charge in [0, 0.05) is 13.1 Å². The lowest BCUT2D eigenvalue weighted by Crippen LogP contribution is -2.31. The van der Waals surface area contributed by atoms with Crippen LogP contribution < -0.4 is 0 Å². The highest BCUT2D eigenvalue weighted by molar-refractivity contribution is 7.18. The van der Waals surface area contributed by atoms with E-state index in [1.165, 1.54) is 22.5 Å². The number of fused-ring (bicyclic) bond motifs is 1. The third-order valence-corrected chi connectivity index (χ3v) is 5.00. The maximum atomic E-state index is 12.2. The number of benzene rings is 1. The van der Waals surface area contributed by atoms with Gasteiger partial charge in [-0.25, -0.2) is 0 Å². The van der Waals surface area contributed by atoms with Gasteiger partial charge in [-0.3, -0.25) is 9.69 Å². The molecule has 20 heavy (non-hydrogen) atoms. The Morgan fingerprint density at radius 1 is 1.10 bits per heavy atom. The molecule has 4 heteroatoms. The summed E-state index contributed by atoms with van der Waals surface area (Å²) in [4.78, 5) is 15.2. The van der Waals surface area contributed by atoms with Crippen LogP contribution >= 0.6 is 22.9 Å². The van der Waals surface area contributed by atoms with Crippen molar-refractivity contribution in [2.75, 3.05) is 19.6 Å². The fourth-order valence-electron chi connectivity index (χ4n) is 2.62. The summed E-state index contributed by atoms with van der Waals surface area (Å²) in [6.07, 6.45) is 2.04. The SMILES string of the molecule is O=C(CN1CCc2ccccc2CC1)c1ccc(Cl)s1. The van der Waals surface area contributed by atoms with Gasteiger partial charge in [-0.15, -0.1) is 11.3 Å². The molecular weight excluding hydrogens is 290 g/mol. The predicted molar refractivity (Wildman–Crippen MR) is 83.9 cm³/mol. The van der Waals surface area contributed by atoms with Crippen LogP contribution in [0.3, 0.4) is 0 Å². The molecule has 104 valence electrons. The number of hydrogen-bond acceptors (Lipinski definition) is 3. The lowest BCUT2D eigenvalue weighted by Gasteiger charge is -2.18. The molecule has 0 fully saturated rings. The van der Waals surface area contributed by atoms with Crippen molar-refractivity contribution in [3.05, 3.63) is 56.7 Å². The van der Waals surface area contributed by atoms with Gasteiger partial charge in [0.2, 0.25) is 0 Å². The number of carbonyl (C=O) groups is 1. The number of Topliss-reactive ketones (excluding diaryl/α,β-unsaturated/α-hetero) is 1. The molecule has 1 aromatic carbocycles. The van der Waals surface area contributed by atoms with Crippen LogP contribution in [0.2, 0.25) is 4.34 Å². The first kappa shape index (κ1) is 13.8. The van der Waals surface area contributed by atoms with Gasteiger partial charge < -0.3 is 0 Å². The second kappa shape index (κ2) is 6.08. The molecule has 2 nitrogen and oxygen atoms in total. The number of thiophene rings is 1. The molecule has 3 rings (SSSR count). The molecule has 1 aliphatic rings. The molecule has 0 radical (unpaired) electrons. The second-order valence-electron chi connectivity index (χ2n) is 5.07. The normalized spacial score (nSPS) is 15.7. The van der Waals surface area contributed by atoms with E-state index in [4.69, 9.17) is 11.6 Å². The average molecular weight is 306 g/mol. The average Bonchev–Trinajstić information content (AvgIpc) is 2.79. The van der Waals surface area contributed by atoms with Gasteiger partial charge in [-0.1, -0.05) is 35.9 Å². The topological polar surface area (TPSA) is 20.3 Å². The van der Waals surface area contributed by atoms with Gasteiger partial charge in [-0.2, -0.15) is 0 Å². The van der Waals surface area contributed by atoms with Crippen molar-refractivity contribution in [2.24, 2.45) is 0 Å². The van der Waals surface area contributed by atoms with E-state index >= 15 is 0 Å². The Kier molecular flexibility index (Phi) is 4.20. The molecule has 0 aliphatic carbocycles. The molecule has 0 amide bonds. The molecule has 1 aliphatic heterocycles. The van der Waals surface area contributed by atoms with Crippen LogP contribution in [-0.4, -0.2) is 30.3 Å². The number of rotatable bonds is 3. The minimum Gasteiger partial charge on any atom is -0.295 e. The summed E-state index contributed by atoms with van der Waals surface area (Å²) in [7, 11) is 0. The maximum Gasteiger partial charge on any atom is 0.186 e. The Hall–Kier alpha value is -1.16. The third kappa shape index (κ3) is 3.11. The van der Waals surface area contributed by atoms with Crippen LogP contribution in [0, 0.1) is 0 Å². The zero-order valence-corrected chi connectivity index (χ0v) is 12.7. The summed E-state index contributed by atoms with van der Waals surface area (Å²) in [5.74, 6) is 0.174. The number of hydrogen-bond donors (Lipinski definition) is 0. The van der Waals surface area contributed by atoms with E-state index in [1.807, 2.05) is 6.07 Å². The number of halogens is 1. The van der Waals surface area contributed by atoms with Crippen LogP contribution in [-0.2, 0) is 12.8 Å². The number of ketones is 1. The van der Waals surface area contributed by atoms with Crippen LogP contribution in [0.25, 0.3) is 0 Å². The monoisotopic (exact) mass is 305 g/mol. The Morgan fingerprint density at radius 2 is 1.75 bits per heavy atom. The van der Waals surface area contributed by atoms with Crippen LogP contribution in [0.4, 0.5) is 0 Å². The van der Waals surface area contributed by atoms with E-state index in [1.54, 1.807) is 6.07 Å². The molecule has 0 saturated carbocycles. The van der Waals surface area contributed by atoms with E-state index in [9.17, 15) is 4.79 Å². The molecule has 0 atom stereocenters. The highest BCUT2D eigenvalue weighted by atomic mass is 35.5. The van der Waals surface area contributed by atoms with Crippen LogP contribution in [0.1, 0.15) is 20.8 Å². The molecule has 2 heterocycles. The smallest absolute Gasteiger partial charge is 0.186 e. The Bertz CT molecular complexity index is 595. The molecule has 0 saturated heterocycles. The molecule has 0 bridgehead atoms. The van der Waals surface area contributed by atoms with E-state index < -0.39 is 0 Å². The Labute approximate surface area is 128 Å². The predicted octanol–water partition coefficient (Wildman–Crippen LogP) is 3.69. The zero-order valence-electron chi connectivity index (χ0n) is 11.1. The number of carbonyl (C=O) groups excluding carboxylic acids is 1. The second-order valence-corrected chi connectivity index (χ2v) is 6.79. The van der Waals surface area contributed by atoms with Crippen LogP contribution in [0.5, 0.6) is 0 Å². The molecule has 0 unspecified atom stereocenters. The van der Waals surface area contributed by atoms with E-state index in [0.717, 1.165) is 30.8 Å². The van der Waals surface area contributed by atoms with Crippen molar-refractivity contribution in [3.8, 4) is 0 Å². The summed E-state index contributed by atoms with van der Waals surface area (Å²) in [5.41, 5.74) is 2.84. The molecular formula is C16H16ClNOS. The van der Waals surface area contributed by atoms with Crippen molar-refractivity contribution >= 4 is 28.7 Å². The minimum absolute atomic E-state index is 0.174. The first-order valence-corrected chi connectivity index (χ1v) is 7.99. The van der Waals surface area contributed by atoms with Crippen molar-refractivity contribution in [3.63, 3.8) is 0 Å². The van der Waals surface area contributed by atoms with Gasteiger partial charge in [0.1, 0.15) is 0 Å². The number of nitrogens with zero attached hydrogens (tertiary/aromatic N) is 1. The summed E-state index contributed by atoms with van der Waals surface area (Å²) in [5, 5.41) is 0. The van der Waals surface area contributed by atoms with Gasteiger partial charge in [0.25, 0.3) is 0 Å². The van der Waals surface area contributed by atoms with E-state index in [-0.39, 0.29) is 5.78 Å². The highest BCUT2D eigenvalue weighted by Crippen LogP contribution is 2.22. The van der Waals surface area contributed by atoms with Crippen molar-refractivity contribution < 1.29 is 4.79 Å². The van der Waals surface area contributed by atoms with E-state index in [2.05, 4.69) is 29.2 Å². The Morgan fingerprint density at radius 3 is 2.30 bits per heavy atom. The quantitative estimate of drug-likeness (QED) is 0.806. The fraction of sp³-hybridized carbons (Fsp3) is 0.312. The van der Waals surface area contributed by atoms with Crippen molar-refractivity contribution in [2.45, 2.75) is 12.8 Å². The van der Waals surface area contributed by atoms with Gasteiger partial charge in [-0.05, 0) is 36.1 Å². The minimum atomic E-state index is 0.174. The standard InChI is InChI=1S/C16H16ClNOS/c17-16-6-5-15(20-16)14(19)11-18-9-7-12-3-1-2-4-13(12)8-10-18/h1-6H,7-11H2. The molecule has 0 spiro atoms. The lowest BCUT2D eigenvalue weighted by molar-refractivity contribution is 0.0937. The van der Waals surface area contributed by atoms with Gasteiger partial charge in [0.05, 0.1) is 15.8 Å². The largest absolute Gasteiger partial charge is 0.295 e. The third-order valence-electron chi connectivity index (χ3n) is 3.73. The fourth-order valence-corrected chi connectivity index (χ4v) is 3.59. The first-order valence-electron chi connectivity index (χ1n) is 6.80. The van der Waals surface area contributed by atoms with E-state index in [0.29, 0.717) is 10.9 Å². The van der Waals surface area contributed by atoms with Gasteiger partial charge >= 0.3 is 0 Å².